The number of carbonyl (C=O) groups is 1. The van der Waals surface area contributed by atoms with E-state index in [-0.39, 0.29) is 30.7 Å². The summed E-state index contributed by atoms with van der Waals surface area (Å²) in [6, 6.07) is 5.66. The van der Waals surface area contributed by atoms with Crippen LogP contribution in [0.25, 0.3) is 11.5 Å². The number of ether oxygens (including phenoxy) is 2. The van der Waals surface area contributed by atoms with Gasteiger partial charge in [0.1, 0.15) is 6.61 Å². The van der Waals surface area contributed by atoms with Gasteiger partial charge < -0.3 is 13.9 Å². The number of benzene rings is 1. The fourth-order valence-corrected chi connectivity index (χ4v) is 1.52. The quantitative estimate of drug-likeness (QED) is 0.431. The van der Waals surface area contributed by atoms with Crippen molar-refractivity contribution >= 4 is 11.7 Å². The maximum Gasteiger partial charge on any atom is 0.332 e. The van der Waals surface area contributed by atoms with Crippen LogP contribution in [-0.2, 0) is 20.9 Å². The van der Waals surface area contributed by atoms with Crippen molar-refractivity contribution in [1.29, 1.82) is 0 Å². The average Bonchev–Trinajstić information content (AvgIpc) is 3.00. The summed E-state index contributed by atoms with van der Waals surface area (Å²) in [7, 11) is 0. The summed E-state index contributed by atoms with van der Waals surface area (Å²) in [5, 5.41) is 18.1. The van der Waals surface area contributed by atoms with E-state index in [4.69, 9.17) is 13.9 Å². The lowest BCUT2D eigenvalue weighted by molar-refractivity contribution is -0.384. The van der Waals surface area contributed by atoms with Crippen molar-refractivity contribution in [2.75, 3.05) is 13.2 Å². The number of non-ortho nitro benzene ring substituents is 1. The second-order valence-corrected chi connectivity index (χ2v) is 4.10. The topological polar surface area (TPSA) is 118 Å². The van der Waals surface area contributed by atoms with Crippen molar-refractivity contribution in [2.45, 2.75) is 13.5 Å². The summed E-state index contributed by atoms with van der Waals surface area (Å²) >= 11 is 0. The second-order valence-electron chi connectivity index (χ2n) is 4.10. The summed E-state index contributed by atoms with van der Waals surface area (Å²) in [6.45, 7) is 1.88. The van der Waals surface area contributed by atoms with Crippen molar-refractivity contribution < 1.29 is 23.6 Å². The Balaban J connectivity index is 1.96. The minimum atomic E-state index is -0.531. The van der Waals surface area contributed by atoms with Crippen LogP contribution in [0.15, 0.2) is 28.7 Å². The fraction of sp³-hybridized carbons (Fsp3) is 0.308. The van der Waals surface area contributed by atoms with E-state index in [0.717, 1.165) is 0 Å². The molecule has 0 saturated carbocycles. The van der Waals surface area contributed by atoms with E-state index in [9.17, 15) is 14.9 Å². The van der Waals surface area contributed by atoms with Gasteiger partial charge in [-0.25, -0.2) is 4.79 Å². The Morgan fingerprint density at radius 3 is 2.68 bits per heavy atom. The van der Waals surface area contributed by atoms with Gasteiger partial charge in [0.15, 0.2) is 6.61 Å². The summed E-state index contributed by atoms with van der Waals surface area (Å²) < 4.78 is 15.1. The third-order valence-corrected chi connectivity index (χ3v) is 2.57. The smallest absolute Gasteiger partial charge is 0.332 e. The molecule has 0 aliphatic rings. The molecule has 0 radical (unpaired) electrons. The zero-order valence-corrected chi connectivity index (χ0v) is 11.7. The van der Waals surface area contributed by atoms with Crippen molar-refractivity contribution in [3.8, 4) is 11.5 Å². The van der Waals surface area contributed by atoms with Gasteiger partial charge in [0.2, 0.25) is 5.89 Å². The minimum Gasteiger partial charge on any atom is -0.454 e. The first-order valence-corrected chi connectivity index (χ1v) is 6.40. The highest BCUT2D eigenvalue weighted by Crippen LogP contribution is 2.21. The normalized spacial score (nSPS) is 10.4. The Hall–Kier alpha value is -2.81. The van der Waals surface area contributed by atoms with Crippen molar-refractivity contribution in [3.05, 3.63) is 40.3 Å². The number of esters is 1. The largest absolute Gasteiger partial charge is 0.454 e. The van der Waals surface area contributed by atoms with Crippen LogP contribution in [0, 0.1) is 10.1 Å². The van der Waals surface area contributed by atoms with Crippen LogP contribution in [0.1, 0.15) is 12.8 Å². The maximum absolute atomic E-state index is 11.3. The van der Waals surface area contributed by atoms with Gasteiger partial charge in [-0.3, -0.25) is 10.1 Å². The number of carbonyl (C=O) groups excluding carboxylic acids is 1. The van der Waals surface area contributed by atoms with E-state index in [2.05, 4.69) is 10.2 Å². The zero-order chi connectivity index (χ0) is 15.9. The van der Waals surface area contributed by atoms with E-state index in [1.165, 1.54) is 24.3 Å². The number of aromatic nitrogens is 2. The predicted molar refractivity (Wildman–Crippen MR) is 72.7 cm³/mol. The highest BCUT2D eigenvalue weighted by Gasteiger charge is 2.12. The Morgan fingerprint density at radius 1 is 1.32 bits per heavy atom. The van der Waals surface area contributed by atoms with Crippen LogP contribution < -0.4 is 0 Å². The molecule has 116 valence electrons. The molecule has 0 aliphatic carbocycles. The highest BCUT2D eigenvalue weighted by molar-refractivity contribution is 5.70. The van der Waals surface area contributed by atoms with Crippen molar-refractivity contribution in [2.24, 2.45) is 0 Å². The molecule has 9 nitrogen and oxygen atoms in total. The number of hydrogen-bond acceptors (Lipinski definition) is 8. The molecule has 0 amide bonds. The molecule has 9 heteroatoms. The molecule has 1 heterocycles. The molecular weight excluding hydrogens is 294 g/mol. The average molecular weight is 307 g/mol. The number of nitrogens with zero attached hydrogens (tertiary/aromatic N) is 3. The predicted octanol–water partition coefficient (Wildman–Crippen LogP) is 1.72. The number of hydrogen-bond donors (Lipinski definition) is 0. The first kappa shape index (κ1) is 15.6. The van der Waals surface area contributed by atoms with E-state index >= 15 is 0 Å². The van der Waals surface area contributed by atoms with Gasteiger partial charge in [0.05, 0.1) is 4.92 Å². The summed E-state index contributed by atoms with van der Waals surface area (Å²) in [5.74, 6) is -0.221. The highest BCUT2D eigenvalue weighted by atomic mass is 16.6. The lowest BCUT2D eigenvalue weighted by Gasteiger charge is -2.01. The first-order valence-electron chi connectivity index (χ1n) is 6.40. The summed E-state index contributed by atoms with van der Waals surface area (Å²) in [6.07, 6.45) is 0. The van der Waals surface area contributed by atoms with Crippen LogP contribution in [0.3, 0.4) is 0 Å². The molecule has 0 atom stereocenters. The minimum absolute atomic E-state index is 0.0339. The van der Waals surface area contributed by atoms with Gasteiger partial charge in [0.25, 0.3) is 11.6 Å². The molecule has 0 fully saturated rings. The summed E-state index contributed by atoms with van der Waals surface area (Å²) in [5.41, 5.74) is 0.498. The SMILES string of the molecule is CCOCC(=O)OCc1nnc(-c2ccc([N+](=O)[O-])cc2)o1. The molecule has 0 N–H and O–H groups in total. The number of rotatable bonds is 7. The molecule has 22 heavy (non-hydrogen) atoms. The van der Waals surface area contributed by atoms with Gasteiger partial charge >= 0.3 is 5.97 Å². The summed E-state index contributed by atoms with van der Waals surface area (Å²) in [4.78, 5) is 21.3. The van der Waals surface area contributed by atoms with E-state index < -0.39 is 10.9 Å². The lowest BCUT2D eigenvalue weighted by Crippen LogP contribution is -2.12. The zero-order valence-electron chi connectivity index (χ0n) is 11.7. The number of nitro benzene ring substituents is 1. The third kappa shape index (κ3) is 4.09. The van der Waals surface area contributed by atoms with E-state index in [1.54, 1.807) is 6.92 Å². The van der Waals surface area contributed by atoms with E-state index in [0.29, 0.717) is 12.2 Å². The van der Waals surface area contributed by atoms with Crippen LogP contribution in [0.5, 0.6) is 0 Å². The van der Waals surface area contributed by atoms with Gasteiger partial charge in [-0.15, -0.1) is 10.2 Å². The number of nitro groups is 1. The standard InChI is InChI=1S/C13H13N3O6/c1-2-20-8-12(17)21-7-11-14-15-13(22-11)9-3-5-10(6-4-9)16(18)19/h3-6H,2,7-8H2,1H3. The molecule has 2 rings (SSSR count). The molecule has 0 bridgehead atoms. The monoisotopic (exact) mass is 307 g/mol. The molecule has 1 aromatic carbocycles. The third-order valence-electron chi connectivity index (χ3n) is 2.57. The fourth-order valence-electron chi connectivity index (χ4n) is 1.52. The van der Waals surface area contributed by atoms with Crippen molar-refractivity contribution in [3.63, 3.8) is 0 Å². The van der Waals surface area contributed by atoms with Crippen LogP contribution in [0.2, 0.25) is 0 Å². The lowest BCUT2D eigenvalue weighted by atomic mass is 10.2. The van der Waals surface area contributed by atoms with Gasteiger partial charge in [-0.1, -0.05) is 0 Å². The Kier molecular flexibility index (Phi) is 5.15. The maximum atomic E-state index is 11.3. The van der Waals surface area contributed by atoms with Crippen LogP contribution in [-0.4, -0.2) is 34.3 Å². The second kappa shape index (κ2) is 7.27. The van der Waals surface area contributed by atoms with Gasteiger partial charge in [0, 0.05) is 24.3 Å². The van der Waals surface area contributed by atoms with Gasteiger partial charge in [-0.2, -0.15) is 0 Å². The Labute approximate surface area is 125 Å². The molecule has 1 aromatic heterocycles. The van der Waals surface area contributed by atoms with E-state index in [1.807, 2.05) is 0 Å². The van der Waals surface area contributed by atoms with Gasteiger partial charge in [-0.05, 0) is 19.1 Å². The van der Waals surface area contributed by atoms with Crippen LogP contribution in [0.4, 0.5) is 5.69 Å². The molecular formula is C13H13N3O6. The first-order chi connectivity index (χ1) is 10.6. The Morgan fingerprint density at radius 2 is 2.05 bits per heavy atom. The molecule has 0 unspecified atom stereocenters. The van der Waals surface area contributed by atoms with Crippen molar-refractivity contribution in [1.82, 2.24) is 10.2 Å². The van der Waals surface area contributed by atoms with Crippen LogP contribution >= 0.6 is 0 Å². The Bertz CT molecular complexity index is 652. The molecule has 0 spiro atoms. The molecule has 2 aromatic rings. The molecule has 0 aliphatic heterocycles. The molecule has 0 saturated heterocycles.